The number of methoxy groups -OCH3 is 1. The van der Waals surface area contributed by atoms with E-state index in [9.17, 15) is 9.50 Å². The second-order valence-corrected chi connectivity index (χ2v) is 4.56. The normalized spacial score (nSPS) is 14.1. The molecule has 0 aliphatic carbocycles. The van der Waals surface area contributed by atoms with Crippen molar-refractivity contribution in [2.45, 2.75) is 25.7 Å². The van der Waals surface area contributed by atoms with Crippen molar-refractivity contribution in [3.8, 4) is 5.75 Å². The number of aliphatic hydroxyl groups is 1. The number of hydrogen-bond donors (Lipinski definition) is 2. The van der Waals surface area contributed by atoms with Crippen LogP contribution in [-0.4, -0.2) is 44.2 Å². The van der Waals surface area contributed by atoms with Crippen LogP contribution in [0.4, 0.5) is 4.39 Å². The summed E-state index contributed by atoms with van der Waals surface area (Å²) in [7, 11) is 1.58. The molecule has 1 aromatic rings. The van der Waals surface area contributed by atoms with Gasteiger partial charge < -0.3 is 25.1 Å². The van der Waals surface area contributed by atoms with Crippen LogP contribution in [0.25, 0.3) is 0 Å². The van der Waals surface area contributed by atoms with Crippen molar-refractivity contribution >= 4 is 0 Å². The van der Waals surface area contributed by atoms with Gasteiger partial charge in [-0.05, 0) is 24.6 Å². The molecule has 114 valence electrons. The standard InChI is InChI=1S/C14H22FNO4/c1-10(7-18-2)19-8-13(17)9-20-14-4-11(6-16)3-12(15)5-14/h3-5,10,13,17H,6-9,16H2,1-2H3. The van der Waals surface area contributed by atoms with E-state index in [1.807, 2.05) is 6.92 Å². The molecule has 3 N–H and O–H groups in total. The van der Waals surface area contributed by atoms with Crippen LogP contribution in [0.1, 0.15) is 12.5 Å². The maximum atomic E-state index is 13.2. The van der Waals surface area contributed by atoms with Crippen LogP contribution >= 0.6 is 0 Å². The van der Waals surface area contributed by atoms with Gasteiger partial charge in [-0.1, -0.05) is 0 Å². The third kappa shape index (κ3) is 6.29. The highest BCUT2D eigenvalue weighted by Crippen LogP contribution is 2.16. The maximum Gasteiger partial charge on any atom is 0.127 e. The molecule has 5 nitrogen and oxygen atoms in total. The Morgan fingerprint density at radius 2 is 2.00 bits per heavy atom. The Kier molecular flexibility index (Phi) is 7.46. The number of hydrogen-bond acceptors (Lipinski definition) is 5. The van der Waals surface area contributed by atoms with E-state index in [1.54, 1.807) is 13.2 Å². The third-order valence-electron chi connectivity index (χ3n) is 2.58. The van der Waals surface area contributed by atoms with E-state index >= 15 is 0 Å². The topological polar surface area (TPSA) is 73.9 Å². The van der Waals surface area contributed by atoms with Gasteiger partial charge in [-0.3, -0.25) is 0 Å². The average molecular weight is 287 g/mol. The van der Waals surface area contributed by atoms with Gasteiger partial charge in [0.15, 0.2) is 0 Å². The van der Waals surface area contributed by atoms with E-state index in [0.717, 1.165) is 0 Å². The number of rotatable bonds is 9. The lowest BCUT2D eigenvalue weighted by atomic mass is 10.2. The number of aliphatic hydroxyl groups excluding tert-OH is 1. The smallest absolute Gasteiger partial charge is 0.127 e. The molecule has 0 amide bonds. The van der Waals surface area contributed by atoms with Crippen molar-refractivity contribution < 1.29 is 23.7 Å². The molecule has 0 saturated carbocycles. The molecule has 0 bridgehead atoms. The summed E-state index contributed by atoms with van der Waals surface area (Å²) >= 11 is 0. The van der Waals surface area contributed by atoms with Gasteiger partial charge in [0.1, 0.15) is 24.3 Å². The van der Waals surface area contributed by atoms with E-state index in [4.69, 9.17) is 19.9 Å². The van der Waals surface area contributed by atoms with Gasteiger partial charge in [0.05, 0.1) is 19.3 Å². The van der Waals surface area contributed by atoms with E-state index in [1.165, 1.54) is 12.1 Å². The summed E-state index contributed by atoms with van der Waals surface area (Å²) in [6, 6.07) is 4.24. The van der Waals surface area contributed by atoms with Crippen molar-refractivity contribution in [3.05, 3.63) is 29.6 Å². The van der Waals surface area contributed by atoms with Crippen LogP contribution in [0.2, 0.25) is 0 Å². The first-order valence-electron chi connectivity index (χ1n) is 6.46. The molecule has 1 aromatic carbocycles. The molecule has 0 aromatic heterocycles. The SMILES string of the molecule is COCC(C)OCC(O)COc1cc(F)cc(CN)c1. The second kappa shape index (κ2) is 8.86. The van der Waals surface area contributed by atoms with Crippen LogP contribution in [-0.2, 0) is 16.0 Å². The van der Waals surface area contributed by atoms with Crippen LogP contribution in [0.15, 0.2) is 18.2 Å². The van der Waals surface area contributed by atoms with E-state index in [-0.39, 0.29) is 25.9 Å². The molecule has 0 radical (unpaired) electrons. The summed E-state index contributed by atoms with van der Waals surface area (Å²) < 4.78 is 28.8. The molecule has 0 saturated heterocycles. The molecular formula is C14H22FNO4. The number of benzene rings is 1. The van der Waals surface area contributed by atoms with Gasteiger partial charge in [-0.15, -0.1) is 0 Å². The minimum atomic E-state index is -0.793. The lowest BCUT2D eigenvalue weighted by Crippen LogP contribution is -2.27. The average Bonchev–Trinajstić information content (AvgIpc) is 2.42. The fraction of sp³-hybridized carbons (Fsp3) is 0.571. The van der Waals surface area contributed by atoms with Crippen LogP contribution < -0.4 is 10.5 Å². The molecular weight excluding hydrogens is 265 g/mol. The highest BCUT2D eigenvalue weighted by Gasteiger charge is 2.10. The Balaban J connectivity index is 2.37. The summed E-state index contributed by atoms with van der Waals surface area (Å²) in [6.07, 6.45) is -0.897. The fourth-order valence-electron chi connectivity index (χ4n) is 1.62. The zero-order chi connectivity index (χ0) is 15.0. The van der Waals surface area contributed by atoms with E-state index in [2.05, 4.69) is 0 Å². The fourth-order valence-corrected chi connectivity index (χ4v) is 1.62. The van der Waals surface area contributed by atoms with Crippen molar-refractivity contribution in [3.63, 3.8) is 0 Å². The number of ether oxygens (including phenoxy) is 3. The molecule has 0 fully saturated rings. The summed E-state index contributed by atoms with van der Waals surface area (Å²) in [6.45, 7) is 2.68. The molecule has 1 rings (SSSR count). The first kappa shape index (κ1) is 16.8. The molecule has 2 unspecified atom stereocenters. The Bertz CT molecular complexity index is 403. The summed E-state index contributed by atoms with van der Waals surface area (Å²) in [4.78, 5) is 0. The van der Waals surface area contributed by atoms with Gasteiger partial charge in [0.2, 0.25) is 0 Å². The van der Waals surface area contributed by atoms with Crippen molar-refractivity contribution in [1.29, 1.82) is 0 Å². The number of nitrogens with two attached hydrogens (primary N) is 1. The first-order chi connectivity index (χ1) is 9.55. The molecule has 20 heavy (non-hydrogen) atoms. The zero-order valence-corrected chi connectivity index (χ0v) is 11.8. The summed E-state index contributed by atoms with van der Waals surface area (Å²) in [5.41, 5.74) is 6.09. The maximum absolute atomic E-state index is 13.2. The highest BCUT2D eigenvalue weighted by atomic mass is 19.1. The van der Waals surface area contributed by atoms with Gasteiger partial charge in [-0.2, -0.15) is 0 Å². The Hall–Kier alpha value is -1.21. The largest absolute Gasteiger partial charge is 0.491 e. The molecule has 6 heteroatoms. The van der Waals surface area contributed by atoms with Crippen LogP contribution in [0.3, 0.4) is 0 Å². The Morgan fingerprint density at radius 1 is 1.25 bits per heavy atom. The van der Waals surface area contributed by atoms with Crippen molar-refractivity contribution in [2.24, 2.45) is 5.73 Å². The first-order valence-corrected chi connectivity index (χ1v) is 6.46. The Labute approximate surface area is 118 Å². The van der Waals surface area contributed by atoms with Crippen LogP contribution in [0.5, 0.6) is 5.75 Å². The van der Waals surface area contributed by atoms with Gasteiger partial charge in [0, 0.05) is 19.7 Å². The van der Waals surface area contributed by atoms with E-state index in [0.29, 0.717) is 17.9 Å². The Morgan fingerprint density at radius 3 is 2.65 bits per heavy atom. The third-order valence-corrected chi connectivity index (χ3v) is 2.58. The lowest BCUT2D eigenvalue weighted by Gasteiger charge is -2.16. The zero-order valence-electron chi connectivity index (χ0n) is 11.8. The molecule has 0 heterocycles. The number of halogens is 1. The summed E-state index contributed by atoms with van der Waals surface area (Å²) in [5, 5.41) is 9.71. The van der Waals surface area contributed by atoms with Crippen molar-refractivity contribution in [2.75, 3.05) is 26.9 Å². The van der Waals surface area contributed by atoms with Gasteiger partial charge >= 0.3 is 0 Å². The minimum Gasteiger partial charge on any atom is -0.491 e. The second-order valence-electron chi connectivity index (χ2n) is 4.56. The highest BCUT2D eigenvalue weighted by molar-refractivity contribution is 5.29. The molecule has 0 aliphatic heterocycles. The molecule has 0 aliphatic rings. The monoisotopic (exact) mass is 287 g/mol. The van der Waals surface area contributed by atoms with Gasteiger partial charge in [0.25, 0.3) is 0 Å². The lowest BCUT2D eigenvalue weighted by molar-refractivity contribution is -0.0423. The van der Waals surface area contributed by atoms with Crippen molar-refractivity contribution in [1.82, 2.24) is 0 Å². The molecule has 0 spiro atoms. The predicted molar refractivity (Wildman–Crippen MR) is 73.1 cm³/mol. The molecule has 2 atom stereocenters. The summed E-state index contributed by atoms with van der Waals surface area (Å²) in [5.74, 6) is -0.0724. The van der Waals surface area contributed by atoms with Crippen LogP contribution in [0, 0.1) is 5.82 Å². The minimum absolute atomic E-state index is 0.0210. The van der Waals surface area contributed by atoms with Gasteiger partial charge in [-0.25, -0.2) is 4.39 Å². The predicted octanol–water partition coefficient (Wildman–Crippen LogP) is 1.08. The van der Waals surface area contributed by atoms with E-state index < -0.39 is 11.9 Å². The quantitative estimate of drug-likeness (QED) is 0.711.